The first kappa shape index (κ1) is 24.7. The van der Waals surface area contributed by atoms with Gasteiger partial charge in [0.15, 0.2) is 10.9 Å². The van der Waals surface area contributed by atoms with Crippen LogP contribution in [0.4, 0.5) is 11.4 Å². The Morgan fingerprint density at radius 1 is 0.743 bits per heavy atom. The maximum atomic E-state index is 13.3. The maximum absolute atomic E-state index is 13.3. The van der Waals surface area contributed by atoms with Gasteiger partial charge >= 0.3 is 0 Å². The molecule has 7 heteroatoms. The molecule has 0 spiro atoms. The monoisotopic (exact) mass is 499 g/mol. The van der Waals surface area contributed by atoms with Crippen molar-refractivity contribution in [2.45, 2.75) is 24.0 Å². The first-order valence-corrected chi connectivity index (χ1v) is 13.1. The summed E-state index contributed by atoms with van der Waals surface area (Å²) in [6.45, 7) is 3.88. The SMILES string of the molecule is Cc1ccc(C(=O)CSc2nc(C)cc(SCC(=O)N(c3ccccc3)c3ccccc3)n2)cc1. The van der Waals surface area contributed by atoms with E-state index in [0.29, 0.717) is 15.7 Å². The number of para-hydroxylation sites is 2. The van der Waals surface area contributed by atoms with Gasteiger partial charge in [-0.25, -0.2) is 9.97 Å². The Morgan fingerprint density at radius 2 is 1.34 bits per heavy atom. The van der Waals surface area contributed by atoms with Crippen LogP contribution in [0.15, 0.2) is 101 Å². The number of ketones is 1. The molecule has 0 atom stereocenters. The van der Waals surface area contributed by atoms with E-state index in [0.717, 1.165) is 22.6 Å². The number of Topliss-reactive ketones (excluding diaryl/α,β-unsaturated/α-hetero) is 1. The number of carbonyl (C=O) groups is 2. The predicted octanol–water partition coefficient (Wildman–Crippen LogP) is 6.53. The summed E-state index contributed by atoms with van der Waals surface area (Å²) in [6, 6.07) is 28.6. The van der Waals surface area contributed by atoms with Crippen molar-refractivity contribution in [3.05, 3.63) is 108 Å². The molecule has 0 saturated carbocycles. The molecule has 1 heterocycles. The molecule has 0 fully saturated rings. The molecule has 176 valence electrons. The fourth-order valence-corrected chi connectivity index (χ4v) is 5.06. The van der Waals surface area contributed by atoms with Gasteiger partial charge in [-0.05, 0) is 44.2 Å². The number of rotatable bonds is 9. The highest BCUT2D eigenvalue weighted by atomic mass is 32.2. The number of hydrogen-bond acceptors (Lipinski definition) is 6. The molecule has 4 aromatic rings. The fourth-order valence-electron chi connectivity index (χ4n) is 3.40. The summed E-state index contributed by atoms with van der Waals surface area (Å²) >= 11 is 2.68. The largest absolute Gasteiger partial charge is 0.293 e. The van der Waals surface area contributed by atoms with Crippen LogP contribution >= 0.6 is 23.5 Å². The van der Waals surface area contributed by atoms with Crippen LogP contribution in [0.2, 0.25) is 0 Å². The van der Waals surface area contributed by atoms with Crippen molar-refractivity contribution in [1.29, 1.82) is 0 Å². The summed E-state index contributed by atoms with van der Waals surface area (Å²) in [4.78, 5) is 36.6. The Labute approximate surface area is 214 Å². The van der Waals surface area contributed by atoms with Gasteiger partial charge in [0.25, 0.3) is 0 Å². The van der Waals surface area contributed by atoms with Gasteiger partial charge in [0, 0.05) is 22.6 Å². The maximum Gasteiger partial charge on any atom is 0.241 e. The fraction of sp³-hybridized carbons (Fsp3) is 0.143. The lowest BCUT2D eigenvalue weighted by molar-refractivity contribution is -0.115. The van der Waals surface area contributed by atoms with E-state index in [4.69, 9.17) is 0 Å². The lowest BCUT2D eigenvalue weighted by Gasteiger charge is -2.23. The number of hydrogen-bond donors (Lipinski definition) is 0. The van der Waals surface area contributed by atoms with Crippen molar-refractivity contribution < 1.29 is 9.59 Å². The average Bonchev–Trinajstić information content (AvgIpc) is 2.88. The van der Waals surface area contributed by atoms with Crippen molar-refractivity contribution in [2.75, 3.05) is 16.4 Å². The highest BCUT2D eigenvalue weighted by molar-refractivity contribution is 8.00. The van der Waals surface area contributed by atoms with E-state index in [-0.39, 0.29) is 23.2 Å². The lowest BCUT2D eigenvalue weighted by atomic mass is 10.1. The second-order valence-electron chi connectivity index (χ2n) is 7.90. The van der Waals surface area contributed by atoms with Gasteiger partial charge in [-0.1, -0.05) is 89.8 Å². The second kappa shape index (κ2) is 11.8. The number of thioether (sulfide) groups is 2. The third kappa shape index (κ3) is 6.81. The van der Waals surface area contributed by atoms with Crippen molar-refractivity contribution >= 4 is 46.6 Å². The van der Waals surface area contributed by atoms with E-state index in [9.17, 15) is 9.59 Å². The van der Waals surface area contributed by atoms with E-state index >= 15 is 0 Å². The zero-order chi connectivity index (χ0) is 24.6. The molecule has 0 radical (unpaired) electrons. The van der Waals surface area contributed by atoms with Gasteiger partial charge in [0.05, 0.1) is 11.5 Å². The van der Waals surface area contributed by atoms with Crippen molar-refractivity contribution in [3.63, 3.8) is 0 Å². The van der Waals surface area contributed by atoms with Crippen LogP contribution in [0.3, 0.4) is 0 Å². The molecule has 1 aromatic heterocycles. The molecular formula is C28H25N3O2S2. The standard InChI is InChI=1S/C28H25N3O2S2/c1-20-13-15-22(16-14-20)25(32)18-35-28-29-21(2)17-26(30-28)34-19-27(33)31(23-9-5-3-6-10-23)24-11-7-4-8-12-24/h3-17H,18-19H2,1-2H3. The number of amides is 1. The molecule has 35 heavy (non-hydrogen) atoms. The van der Waals surface area contributed by atoms with E-state index in [1.165, 1.54) is 23.5 Å². The first-order chi connectivity index (χ1) is 17.0. The molecule has 0 aliphatic carbocycles. The Bertz CT molecular complexity index is 1260. The quantitative estimate of drug-likeness (QED) is 0.113. The van der Waals surface area contributed by atoms with Gasteiger partial charge in [0.2, 0.25) is 5.91 Å². The van der Waals surface area contributed by atoms with Gasteiger partial charge in [0.1, 0.15) is 5.03 Å². The smallest absolute Gasteiger partial charge is 0.241 e. The molecule has 1 amide bonds. The van der Waals surface area contributed by atoms with Crippen LogP contribution in [-0.4, -0.2) is 33.2 Å². The van der Waals surface area contributed by atoms with Gasteiger partial charge in [-0.15, -0.1) is 0 Å². The Morgan fingerprint density at radius 3 is 1.94 bits per heavy atom. The molecule has 0 aliphatic heterocycles. The third-order valence-corrected chi connectivity index (χ3v) is 6.88. The predicted molar refractivity (Wildman–Crippen MR) is 144 cm³/mol. The Hall–Kier alpha value is -3.42. The number of aromatic nitrogens is 2. The van der Waals surface area contributed by atoms with Gasteiger partial charge in [-0.2, -0.15) is 0 Å². The number of anilines is 2. The average molecular weight is 500 g/mol. The zero-order valence-corrected chi connectivity index (χ0v) is 21.2. The minimum Gasteiger partial charge on any atom is -0.293 e. The number of aryl methyl sites for hydroxylation is 2. The van der Waals surface area contributed by atoms with Crippen LogP contribution in [-0.2, 0) is 4.79 Å². The van der Waals surface area contributed by atoms with Crippen LogP contribution in [0.5, 0.6) is 0 Å². The van der Waals surface area contributed by atoms with Gasteiger partial charge in [-0.3, -0.25) is 14.5 Å². The Kier molecular flexibility index (Phi) is 8.34. The number of nitrogens with zero attached hydrogens (tertiary/aromatic N) is 3. The van der Waals surface area contributed by atoms with Gasteiger partial charge < -0.3 is 0 Å². The number of benzene rings is 3. The first-order valence-electron chi connectivity index (χ1n) is 11.1. The summed E-state index contributed by atoms with van der Waals surface area (Å²) in [5, 5.41) is 1.24. The van der Waals surface area contributed by atoms with E-state index in [1.807, 2.05) is 105 Å². The summed E-state index contributed by atoms with van der Waals surface area (Å²) in [5.41, 5.74) is 4.22. The van der Waals surface area contributed by atoms with E-state index in [1.54, 1.807) is 4.90 Å². The summed E-state index contributed by atoms with van der Waals surface area (Å²) in [6.07, 6.45) is 0. The molecule has 0 unspecified atom stereocenters. The molecule has 0 saturated heterocycles. The molecule has 0 N–H and O–H groups in total. The molecular weight excluding hydrogens is 474 g/mol. The van der Waals surface area contributed by atoms with Crippen LogP contribution in [0, 0.1) is 13.8 Å². The highest BCUT2D eigenvalue weighted by Crippen LogP contribution is 2.28. The number of carbonyl (C=O) groups excluding carboxylic acids is 2. The Balaban J connectivity index is 1.43. The van der Waals surface area contributed by atoms with Crippen molar-refractivity contribution in [2.24, 2.45) is 0 Å². The lowest BCUT2D eigenvalue weighted by Crippen LogP contribution is -2.27. The normalized spacial score (nSPS) is 10.7. The summed E-state index contributed by atoms with van der Waals surface area (Å²) in [5.74, 6) is 0.455. The van der Waals surface area contributed by atoms with E-state index < -0.39 is 0 Å². The topological polar surface area (TPSA) is 63.2 Å². The molecule has 4 rings (SSSR count). The molecule has 3 aromatic carbocycles. The summed E-state index contributed by atoms with van der Waals surface area (Å²) < 4.78 is 0. The zero-order valence-electron chi connectivity index (χ0n) is 19.5. The van der Waals surface area contributed by atoms with Crippen molar-refractivity contribution in [1.82, 2.24) is 9.97 Å². The highest BCUT2D eigenvalue weighted by Gasteiger charge is 2.18. The third-order valence-electron chi connectivity index (χ3n) is 5.14. The summed E-state index contributed by atoms with van der Waals surface area (Å²) in [7, 11) is 0. The van der Waals surface area contributed by atoms with Crippen molar-refractivity contribution in [3.8, 4) is 0 Å². The van der Waals surface area contributed by atoms with Crippen LogP contribution < -0.4 is 4.90 Å². The minimum atomic E-state index is -0.0487. The molecule has 0 aliphatic rings. The minimum absolute atomic E-state index is 0.0332. The van der Waals surface area contributed by atoms with Crippen LogP contribution in [0.25, 0.3) is 0 Å². The van der Waals surface area contributed by atoms with Crippen LogP contribution in [0.1, 0.15) is 21.6 Å². The molecule has 5 nitrogen and oxygen atoms in total. The molecule has 0 bridgehead atoms. The van der Waals surface area contributed by atoms with E-state index in [2.05, 4.69) is 9.97 Å². The second-order valence-corrected chi connectivity index (χ2v) is 9.84.